The van der Waals surface area contributed by atoms with Gasteiger partial charge in [0.25, 0.3) is 10.1 Å². The third-order valence-corrected chi connectivity index (χ3v) is 5.32. The van der Waals surface area contributed by atoms with E-state index >= 15 is 0 Å². The predicted octanol–water partition coefficient (Wildman–Crippen LogP) is 2.43. The Morgan fingerprint density at radius 2 is 1.90 bits per heavy atom. The molecule has 21 heavy (non-hydrogen) atoms. The van der Waals surface area contributed by atoms with E-state index in [1.54, 1.807) is 19.1 Å². The molecule has 0 spiro atoms. The van der Waals surface area contributed by atoms with E-state index in [2.05, 4.69) is 0 Å². The van der Waals surface area contributed by atoms with Crippen LogP contribution < -0.4 is 0 Å². The zero-order chi connectivity index (χ0) is 15.7. The highest BCUT2D eigenvalue weighted by Crippen LogP contribution is 2.41. The van der Waals surface area contributed by atoms with Crippen molar-refractivity contribution in [3.05, 3.63) is 29.8 Å². The van der Waals surface area contributed by atoms with Gasteiger partial charge in [0.1, 0.15) is 0 Å². The molecule has 1 fully saturated rings. The van der Waals surface area contributed by atoms with Crippen molar-refractivity contribution in [3.63, 3.8) is 0 Å². The molecule has 1 aromatic carbocycles. The Hall–Kier alpha value is -1.40. The lowest BCUT2D eigenvalue weighted by atomic mass is 9.89. The summed E-state index contributed by atoms with van der Waals surface area (Å²) in [5, 5.41) is 0. The summed E-state index contributed by atoms with van der Waals surface area (Å²) in [5.74, 6) is -0.318. The number of esters is 1. The van der Waals surface area contributed by atoms with Crippen LogP contribution in [0.15, 0.2) is 29.2 Å². The highest BCUT2D eigenvalue weighted by Gasteiger charge is 2.44. The lowest BCUT2D eigenvalue weighted by molar-refractivity contribution is -0.151. The molecular formula is C15H20O5S. The zero-order valence-corrected chi connectivity index (χ0v) is 13.3. The van der Waals surface area contributed by atoms with Gasteiger partial charge in [0.15, 0.2) is 0 Å². The number of hydrogen-bond donors (Lipinski definition) is 0. The van der Waals surface area contributed by atoms with Crippen LogP contribution >= 0.6 is 0 Å². The van der Waals surface area contributed by atoms with Crippen LogP contribution in [0.1, 0.15) is 31.7 Å². The van der Waals surface area contributed by atoms with Gasteiger partial charge >= 0.3 is 5.97 Å². The number of carbonyl (C=O) groups is 1. The number of hydrogen-bond acceptors (Lipinski definition) is 5. The highest BCUT2D eigenvalue weighted by molar-refractivity contribution is 7.86. The molecule has 2 rings (SSSR count). The first-order valence-corrected chi connectivity index (χ1v) is 8.26. The molecule has 6 heteroatoms. The van der Waals surface area contributed by atoms with Crippen LogP contribution in [-0.2, 0) is 23.8 Å². The molecule has 1 aliphatic carbocycles. The minimum absolute atomic E-state index is 0.139. The van der Waals surface area contributed by atoms with Crippen LogP contribution in [0.2, 0.25) is 0 Å². The summed E-state index contributed by atoms with van der Waals surface area (Å²) < 4.78 is 34.5. The van der Waals surface area contributed by atoms with Gasteiger partial charge < -0.3 is 4.74 Å². The maximum absolute atomic E-state index is 12.2. The molecule has 0 radical (unpaired) electrons. The van der Waals surface area contributed by atoms with Crippen molar-refractivity contribution in [1.82, 2.24) is 0 Å². The van der Waals surface area contributed by atoms with Gasteiger partial charge in [0.2, 0.25) is 0 Å². The van der Waals surface area contributed by atoms with Gasteiger partial charge in [-0.25, -0.2) is 0 Å². The highest BCUT2D eigenvalue weighted by atomic mass is 32.2. The average molecular weight is 312 g/mol. The summed E-state index contributed by atoms with van der Waals surface area (Å²) in [6, 6.07) is 6.51. The summed E-state index contributed by atoms with van der Waals surface area (Å²) in [4.78, 5) is 11.9. The number of carbonyl (C=O) groups excluding carboxylic acids is 1. The van der Waals surface area contributed by atoms with Gasteiger partial charge in [-0.2, -0.15) is 8.42 Å². The molecule has 0 saturated heterocycles. The first-order valence-electron chi connectivity index (χ1n) is 6.85. The molecule has 0 aromatic heterocycles. The Bertz CT molecular complexity index is 620. The van der Waals surface area contributed by atoms with Crippen molar-refractivity contribution in [2.45, 2.75) is 44.1 Å². The summed E-state index contributed by atoms with van der Waals surface area (Å²) in [6.45, 7) is 3.66. The largest absolute Gasteiger partial charge is 0.469 e. The topological polar surface area (TPSA) is 69.7 Å². The molecular weight excluding hydrogens is 292 g/mol. The fourth-order valence-corrected chi connectivity index (χ4v) is 3.74. The van der Waals surface area contributed by atoms with Crippen molar-refractivity contribution in [2.75, 3.05) is 7.11 Å². The van der Waals surface area contributed by atoms with Gasteiger partial charge in [-0.3, -0.25) is 8.98 Å². The van der Waals surface area contributed by atoms with E-state index in [0.29, 0.717) is 19.3 Å². The molecule has 1 aromatic rings. The molecule has 1 saturated carbocycles. The summed E-state index contributed by atoms with van der Waals surface area (Å²) in [5.41, 5.74) is 0.315. The summed E-state index contributed by atoms with van der Waals surface area (Å²) in [6.07, 6.45) is 0.954. The molecule has 0 amide bonds. The van der Waals surface area contributed by atoms with Crippen molar-refractivity contribution in [2.24, 2.45) is 5.41 Å². The van der Waals surface area contributed by atoms with E-state index < -0.39 is 21.6 Å². The van der Waals surface area contributed by atoms with Crippen LogP contribution in [-0.4, -0.2) is 27.6 Å². The number of benzene rings is 1. The third kappa shape index (κ3) is 3.44. The van der Waals surface area contributed by atoms with Crippen LogP contribution in [0.25, 0.3) is 0 Å². The summed E-state index contributed by atoms with van der Waals surface area (Å²) in [7, 11) is -2.46. The van der Waals surface area contributed by atoms with Crippen molar-refractivity contribution in [1.29, 1.82) is 0 Å². The molecule has 2 unspecified atom stereocenters. The quantitative estimate of drug-likeness (QED) is 0.631. The Morgan fingerprint density at radius 1 is 1.29 bits per heavy atom. The maximum atomic E-state index is 12.2. The number of methoxy groups -OCH3 is 1. The number of ether oxygens (including phenoxy) is 1. The van der Waals surface area contributed by atoms with Crippen molar-refractivity contribution in [3.8, 4) is 0 Å². The smallest absolute Gasteiger partial charge is 0.311 e. The molecule has 5 nitrogen and oxygen atoms in total. The van der Waals surface area contributed by atoms with Gasteiger partial charge in [0.05, 0.1) is 23.5 Å². The standard InChI is InChI=1S/C15H20O5S/c1-11-4-6-13(7-5-11)21(17,18)20-12-8-9-15(2,10-12)14(16)19-3/h4-7,12H,8-10H2,1-3H3. The molecule has 1 aliphatic rings. The molecule has 0 heterocycles. The van der Waals surface area contributed by atoms with Gasteiger partial charge in [0, 0.05) is 0 Å². The van der Waals surface area contributed by atoms with Crippen LogP contribution in [0.4, 0.5) is 0 Å². The van der Waals surface area contributed by atoms with E-state index in [1.165, 1.54) is 19.2 Å². The van der Waals surface area contributed by atoms with E-state index in [4.69, 9.17) is 8.92 Å². The Kier molecular flexibility index (Phi) is 4.39. The monoisotopic (exact) mass is 312 g/mol. The second-order valence-electron chi connectivity index (χ2n) is 5.78. The Labute approximate surface area is 125 Å². The molecule has 0 aliphatic heterocycles. The van der Waals surface area contributed by atoms with Crippen LogP contribution in [0, 0.1) is 12.3 Å². The van der Waals surface area contributed by atoms with Crippen LogP contribution in [0.3, 0.4) is 0 Å². The molecule has 0 bridgehead atoms. The zero-order valence-electron chi connectivity index (χ0n) is 12.5. The molecule has 116 valence electrons. The Balaban J connectivity index is 2.09. The lowest BCUT2D eigenvalue weighted by Crippen LogP contribution is -2.27. The number of rotatable bonds is 4. The van der Waals surface area contributed by atoms with Gasteiger partial charge in [-0.1, -0.05) is 17.7 Å². The van der Waals surface area contributed by atoms with E-state index in [9.17, 15) is 13.2 Å². The van der Waals surface area contributed by atoms with Gasteiger partial charge in [-0.15, -0.1) is 0 Å². The second-order valence-corrected chi connectivity index (χ2v) is 7.35. The van der Waals surface area contributed by atoms with E-state index in [1.807, 2.05) is 6.92 Å². The fourth-order valence-electron chi connectivity index (χ4n) is 2.64. The molecule has 2 atom stereocenters. The summed E-state index contributed by atoms with van der Waals surface area (Å²) >= 11 is 0. The fraction of sp³-hybridized carbons (Fsp3) is 0.533. The Morgan fingerprint density at radius 3 is 2.48 bits per heavy atom. The average Bonchev–Trinajstić information content (AvgIpc) is 2.80. The predicted molar refractivity (Wildman–Crippen MR) is 77.2 cm³/mol. The van der Waals surface area contributed by atoms with E-state index in [-0.39, 0.29) is 10.9 Å². The third-order valence-electron chi connectivity index (χ3n) is 3.95. The number of aryl methyl sites for hydroxylation is 1. The van der Waals surface area contributed by atoms with Gasteiger partial charge in [-0.05, 0) is 45.2 Å². The van der Waals surface area contributed by atoms with E-state index in [0.717, 1.165) is 5.56 Å². The van der Waals surface area contributed by atoms with Crippen molar-refractivity contribution >= 4 is 16.1 Å². The SMILES string of the molecule is COC(=O)C1(C)CCC(OS(=O)(=O)c2ccc(C)cc2)C1. The minimum Gasteiger partial charge on any atom is -0.469 e. The normalized spacial score (nSPS) is 25.8. The lowest BCUT2D eigenvalue weighted by Gasteiger charge is -2.20. The second kappa shape index (κ2) is 5.77. The van der Waals surface area contributed by atoms with Crippen molar-refractivity contribution < 1.29 is 22.1 Å². The minimum atomic E-state index is -3.80. The van der Waals surface area contributed by atoms with Crippen LogP contribution in [0.5, 0.6) is 0 Å². The first kappa shape index (κ1) is 16.0. The first-order chi connectivity index (χ1) is 9.77. The molecule has 0 N–H and O–H groups in total. The maximum Gasteiger partial charge on any atom is 0.311 e.